The predicted octanol–water partition coefficient (Wildman–Crippen LogP) is -0.00580. The first-order chi connectivity index (χ1) is 33.9. The molecule has 1 heterocycles. The summed E-state index contributed by atoms with van der Waals surface area (Å²) < 4.78 is 44.0. The predicted molar refractivity (Wildman–Crippen MR) is 240 cm³/mol. The molecule has 1 aliphatic heterocycles. The third-order valence-corrected chi connectivity index (χ3v) is 9.41. The van der Waals surface area contributed by atoms with E-state index in [0.717, 1.165) is 0 Å². The van der Waals surface area contributed by atoms with Crippen LogP contribution in [-0.4, -0.2) is 188 Å². The van der Waals surface area contributed by atoms with Crippen LogP contribution in [0.3, 0.4) is 0 Å². The van der Waals surface area contributed by atoms with Gasteiger partial charge in [-0.1, -0.05) is 19.7 Å². The highest BCUT2D eigenvalue weighted by Crippen LogP contribution is 2.24. The molecule has 0 aromatic rings. The minimum atomic E-state index is -1.78. The van der Waals surface area contributed by atoms with Gasteiger partial charge >= 0.3 is 59.8 Å². The van der Waals surface area contributed by atoms with Gasteiger partial charge in [0.1, 0.15) is 71.7 Å². The van der Waals surface area contributed by atoms with E-state index in [4.69, 9.17) is 42.6 Å². The Morgan fingerprint density at radius 2 is 0.792 bits per heavy atom. The number of esters is 9. The van der Waals surface area contributed by atoms with Crippen molar-refractivity contribution in [2.45, 2.75) is 103 Å². The second kappa shape index (κ2) is 34.3. The van der Waals surface area contributed by atoms with E-state index in [0.29, 0.717) is 9.80 Å². The van der Waals surface area contributed by atoms with Gasteiger partial charge in [-0.2, -0.15) is 0 Å². The number of aliphatic hydroxyl groups excluding tert-OH is 3. The van der Waals surface area contributed by atoms with Crippen LogP contribution in [0.5, 0.6) is 0 Å². The summed E-state index contributed by atoms with van der Waals surface area (Å²) in [6, 6.07) is -1.33. The zero-order chi connectivity index (χ0) is 54.3. The summed E-state index contributed by atoms with van der Waals surface area (Å²) in [7, 11) is 0. The number of β-amino-alcohol motifs (C(OH)–C–C–N with tert-alkyl or cyclic N) is 2. The number of rotatable bonds is 34. The Morgan fingerprint density at radius 3 is 1.14 bits per heavy atom. The fraction of sp³-hybridized carbons (Fsp3) is 0.609. The minimum absolute atomic E-state index is 0.131. The molecule has 0 saturated carbocycles. The van der Waals surface area contributed by atoms with Gasteiger partial charge in [0.2, 0.25) is 11.8 Å². The highest BCUT2D eigenvalue weighted by atomic mass is 16.6. The Labute approximate surface area is 414 Å². The molecule has 0 spiro atoms. The number of imide groups is 2. The number of carbonyl (C=O) groups is 12. The average Bonchev–Trinajstić information content (AvgIpc) is 3.33. The molecular formula is C46H64N2O24. The number of nitrogens with zero attached hydrogens (tertiary/aromatic N) is 2. The molecule has 0 radical (unpaired) electrons. The van der Waals surface area contributed by atoms with Crippen LogP contribution in [0.15, 0.2) is 36.5 Å². The van der Waals surface area contributed by atoms with Crippen LogP contribution in [0.25, 0.3) is 0 Å². The lowest BCUT2D eigenvalue weighted by molar-refractivity contribution is -0.154. The van der Waals surface area contributed by atoms with Crippen molar-refractivity contribution in [2.24, 2.45) is 5.92 Å². The van der Waals surface area contributed by atoms with E-state index in [2.05, 4.69) is 19.7 Å². The van der Waals surface area contributed by atoms with E-state index in [1.54, 1.807) is 0 Å². The van der Waals surface area contributed by atoms with Crippen molar-refractivity contribution >= 4 is 71.6 Å². The lowest BCUT2D eigenvalue weighted by Gasteiger charge is -2.35. The Morgan fingerprint density at radius 1 is 0.486 bits per heavy atom. The smallest absolute Gasteiger partial charge is 0.333 e. The van der Waals surface area contributed by atoms with Crippen LogP contribution in [-0.2, 0) is 95.4 Å². The SMILES string of the molecule is C=C(C)C(=O)OCCOC(=O)CCC(=O)OCC(O)CCC1CCC(=O)N(CC(O)COC(=O)CCC(=O)OCCOC(=O)C(=C)C)C(=O)N(CC(O)COC(=O)CCC(=O)OCCOC(=O)C(=C)C)C1=O. The number of ether oxygens (including phenoxy) is 9. The van der Waals surface area contributed by atoms with E-state index in [9.17, 15) is 72.9 Å². The van der Waals surface area contributed by atoms with Crippen molar-refractivity contribution in [1.29, 1.82) is 0 Å². The summed E-state index contributed by atoms with van der Waals surface area (Å²) in [4.78, 5) is 149. The van der Waals surface area contributed by atoms with E-state index < -0.39 is 174 Å². The Bertz CT molecular complexity index is 1980. The summed E-state index contributed by atoms with van der Waals surface area (Å²) in [6.45, 7) is 8.99. The van der Waals surface area contributed by atoms with Crippen LogP contribution >= 0.6 is 0 Å². The number of carbonyl (C=O) groups excluding carboxylic acids is 12. The second-order valence-electron chi connectivity index (χ2n) is 16.0. The summed E-state index contributed by atoms with van der Waals surface area (Å²) >= 11 is 0. The number of aliphatic hydroxyl groups is 3. The van der Waals surface area contributed by atoms with Gasteiger partial charge in [-0.3, -0.25) is 48.2 Å². The fourth-order valence-electron chi connectivity index (χ4n) is 5.59. The number of hydrogen-bond donors (Lipinski definition) is 3. The maximum atomic E-state index is 14.0. The highest BCUT2D eigenvalue weighted by Gasteiger charge is 2.39. The van der Waals surface area contributed by atoms with Gasteiger partial charge in [-0.05, 0) is 40.0 Å². The van der Waals surface area contributed by atoms with Crippen LogP contribution in [0.2, 0.25) is 0 Å². The zero-order valence-corrected chi connectivity index (χ0v) is 40.6. The fourth-order valence-corrected chi connectivity index (χ4v) is 5.59. The molecule has 0 aliphatic carbocycles. The van der Waals surface area contributed by atoms with Gasteiger partial charge in [0.15, 0.2) is 0 Å². The molecule has 1 fully saturated rings. The van der Waals surface area contributed by atoms with Crippen LogP contribution < -0.4 is 0 Å². The zero-order valence-electron chi connectivity index (χ0n) is 40.6. The molecule has 0 aromatic heterocycles. The Balaban J connectivity index is 2.92. The van der Waals surface area contributed by atoms with Crippen molar-refractivity contribution in [3.05, 3.63) is 36.5 Å². The molecule has 26 nitrogen and oxygen atoms in total. The summed E-state index contributed by atoms with van der Waals surface area (Å²) in [6.07, 6.45) is -8.74. The highest BCUT2D eigenvalue weighted by molar-refractivity contribution is 6.04. The van der Waals surface area contributed by atoms with Gasteiger partial charge < -0.3 is 58.0 Å². The molecule has 0 aromatic carbocycles. The summed E-state index contributed by atoms with van der Waals surface area (Å²) in [5.74, 6) is -10.4. The van der Waals surface area contributed by atoms with Crippen molar-refractivity contribution < 1.29 is 115 Å². The molecule has 3 N–H and O–H groups in total. The Kier molecular flexibility index (Phi) is 30.0. The van der Waals surface area contributed by atoms with Gasteiger partial charge in [0.05, 0.1) is 57.7 Å². The lowest BCUT2D eigenvalue weighted by Crippen LogP contribution is -2.56. The van der Waals surface area contributed by atoms with Crippen molar-refractivity contribution in [1.82, 2.24) is 9.80 Å². The first kappa shape index (κ1) is 63.0. The van der Waals surface area contributed by atoms with E-state index in [1.165, 1.54) is 20.8 Å². The molecule has 4 atom stereocenters. The number of urea groups is 1. The topological polar surface area (TPSA) is 355 Å². The first-order valence-electron chi connectivity index (χ1n) is 22.5. The minimum Gasteiger partial charge on any atom is -0.463 e. The van der Waals surface area contributed by atoms with Crippen LogP contribution in [0.1, 0.15) is 85.0 Å². The molecule has 1 saturated heterocycles. The lowest BCUT2D eigenvalue weighted by atomic mass is 9.93. The third kappa shape index (κ3) is 27.4. The molecule has 26 heteroatoms. The molecule has 1 rings (SSSR count). The van der Waals surface area contributed by atoms with Gasteiger partial charge in [-0.15, -0.1) is 0 Å². The van der Waals surface area contributed by atoms with E-state index in [1.807, 2.05) is 0 Å². The van der Waals surface area contributed by atoms with E-state index in [-0.39, 0.29) is 75.6 Å². The maximum absolute atomic E-state index is 14.0. The van der Waals surface area contributed by atoms with Crippen molar-refractivity contribution in [3.63, 3.8) is 0 Å². The van der Waals surface area contributed by atoms with Crippen molar-refractivity contribution in [3.8, 4) is 0 Å². The molecule has 72 heavy (non-hydrogen) atoms. The normalized spacial score (nSPS) is 14.8. The maximum Gasteiger partial charge on any atom is 0.333 e. The number of hydrogen-bond acceptors (Lipinski definition) is 24. The number of amides is 4. The van der Waals surface area contributed by atoms with Gasteiger partial charge in [0.25, 0.3) is 0 Å². The third-order valence-electron chi connectivity index (χ3n) is 9.41. The molecule has 0 bridgehead atoms. The largest absolute Gasteiger partial charge is 0.463 e. The van der Waals surface area contributed by atoms with Gasteiger partial charge in [0, 0.05) is 29.1 Å². The first-order valence-corrected chi connectivity index (χ1v) is 22.5. The van der Waals surface area contributed by atoms with Crippen molar-refractivity contribution in [2.75, 3.05) is 72.6 Å². The average molecular weight is 1030 g/mol. The Hall–Kier alpha value is -7.06. The molecule has 4 unspecified atom stereocenters. The van der Waals surface area contributed by atoms with Crippen LogP contribution in [0, 0.1) is 5.92 Å². The molecular weight excluding hydrogens is 964 g/mol. The monoisotopic (exact) mass is 1030 g/mol. The standard InChI is InChI=1S/C46H64N2O24/c1-28(2)43(60)67-20-17-64-36(53)11-14-39(56)70-25-32(49)9-7-31-8-10-35(52)47(23-33(50)26-71-40(57)15-12-37(54)65-18-21-68-44(61)29(3)4)46(63)48(42(31)59)24-34(51)27-72-41(58)16-13-38(55)66-19-22-69-45(62)30(5)6/h31-34,49-51H,1,3,5,7-27H2,2,4,6H3. The molecule has 4 amide bonds. The van der Waals surface area contributed by atoms with Crippen LogP contribution in [0.4, 0.5) is 4.79 Å². The van der Waals surface area contributed by atoms with Gasteiger partial charge in [-0.25, -0.2) is 19.2 Å². The summed E-state index contributed by atoms with van der Waals surface area (Å²) in [5.41, 5.74) is 0.417. The quantitative estimate of drug-likeness (QED) is 0.0330. The summed E-state index contributed by atoms with van der Waals surface area (Å²) in [5, 5.41) is 32.2. The van der Waals surface area contributed by atoms with E-state index >= 15 is 0 Å². The molecule has 1 aliphatic rings. The second-order valence-corrected chi connectivity index (χ2v) is 16.0. The molecule has 402 valence electrons.